The van der Waals surface area contributed by atoms with Gasteiger partial charge in [0.15, 0.2) is 0 Å². The van der Waals surface area contributed by atoms with Crippen LogP contribution < -0.4 is 10.1 Å². The van der Waals surface area contributed by atoms with E-state index in [1.54, 1.807) is 0 Å². The first-order chi connectivity index (χ1) is 10.0. The highest BCUT2D eigenvalue weighted by Crippen LogP contribution is 2.15. The largest absolute Gasteiger partial charge is 0.478 e. The molecule has 3 heteroatoms. The monoisotopic (exact) mass is 292 g/mol. The van der Waals surface area contributed by atoms with Gasteiger partial charge < -0.3 is 10.1 Å². The Morgan fingerprint density at radius 1 is 1.19 bits per heavy atom. The summed E-state index contributed by atoms with van der Waals surface area (Å²) < 4.78 is 5.85. The predicted molar refractivity (Wildman–Crippen MR) is 89.8 cm³/mol. The third kappa shape index (κ3) is 8.05. The second-order valence-electron chi connectivity index (χ2n) is 6.48. The number of aromatic nitrogens is 1. The van der Waals surface area contributed by atoms with Gasteiger partial charge in [-0.15, -0.1) is 0 Å². The standard InChI is InChI=1S/C18H32N2O/c1-6-8-17-11-16(13-19-15(4)5)12-18(20-17)21-10-7-9-14(2)3/h11-12,14-15,19H,6-10,13H2,1-5H3. The van der Waals surface area contributed by atoms with E-state index >= 15 is 0 Å². The summed E-state index contributed by atoms with van der Waals surface area (Å²) in [7, 11) is 0. The molecule has 0 radical (unpaired) electrons. The average molecular weight is 292 g/mol. The van der Waals surface area contributed by atoms with Gasteiger partial charge in [0.05, 0.1) is 6.61 Å². The maximum absolute atomic E-state index is 5.85. The zero-order valence-corrected chi connectivity index (χ0v) is 14.4. The van der Waals surface area contributed by atoms with Gasteiger partial charge in [-0.05, 0) is 36.8 Å². The molecule has 0 saturated heterocycles. The molecule has 1 N–H and O–H groups in total. The fraction of sp³-hybridized carbons (Fsp3) is 0.722. The Labute approximate surface area is 130 Å². The zero-order chi connectivity index (χ0) is 15.7. The lowest BCUT2D eigenvalue weighted by atomic mass is 10.1. The van der Waals surface area contributed by atoms with E-state index in [4.69, 9.17) is 4.74 Å². The van der Waals surface area contributed by atoms with Gasteiger partial charge in [-0.25, -0.2) is 4.98 Å². The molecule has 0 bridgehead atoms. The maximum Gasteiger partial charge on any atom is 0.213 e. The molecular formula is C18H32N2O. The first-order valence-corrected chi connectivity index (χ1v) is 8.37. The minimum atomic E-state index is 0.489. The highest BCUT2D eigenvalue weighted by atomic mass is 16.5. The molecule has 0 aromatic carbocycles. The molecule has 0 aliphatic rings. The van der Waals surface area contributed by atoms with E-state index in [9.17, 15) is 0 Å². The number of aryl methyl sites for hydroxylation is 1. The highest BCUT2D eigenvalue weighted by molar-refractivity contribution is 5.25. The fourth-order valence-corrected chi connectivity index (χ4v) is 2.17. The molecule has 0 atom stereocenters. The normalized spacial score (nSPS) is 11.4. The number of hydrogen-bond donors (Lipinski definition) is 1. The van der Waals surface area contributed by atoms with Gasteiger partial charge in [-0.2, -0.15) is 0 Å². The van der Waals surface area contributed by atoms with Crippen LogP contribution in [-0.2, 0) is 13.0 Å². The van der Waals surface area contributed by atoms with Gasteiger partial charge in [0.25, 0.3) is 0 Å². The predicted octanol–water partition coefficient (Wildman–Crippen LogP) is 4.35. The van der Waals surface area contributed by atoms with Gasteiger partial charge in [0.1, 0.15) is 0 Å². The van der Waals surface area contributed by atoms with Crippen LogP contribution in [0.3, 0.4) is 0 Å². The van der Waals surface area contributed by atoms with Crippen molar-refractivity contribution in [1.82, 2.24) is 10.3 Å². The second-order valence-corrected chi connectivity index (χ2v) is 6.48. The van der Waals surface area contributed by atoms with Crippen LogP contribution in [-0.4, -0.2) is 17.6 Å². The molecule has 1 heterocycles. The lowest BCUT2D eigenvalue weighted by molar-refractivity contribution is 0.286. The number of nitrogens with one attached hydrogen (secondary N) is 1. The SMILES string of the molecule is CCCc1cc(CNC(C)C)cc(OCCCC(C)C)n1. The van der Waals surface area contributed by atoms with Crippen molar-refractivity contribution < 1.29 is 4.74 Å². The molecule has 21 heavy (non-hydrogen) atoms. The summed E-state index contributed by atoms with van der Waals surface area (Å²) in [6.07, 6.45) is 4.42. The van der Waals surface area contributed by atoms with Gasteiger partial charge >= 0.3 is 0 Å². The molecule has 120 valence electrons. The van der Waals surface area contributed by atoms with E-state index in [-0.39, 0.29) is 0 Å². The van der Waals surface area contributed by atoms with Gasteiger partial charge in [-0.1, -0.05) is 41.0 Å². The molecule has 1 aromatic rings. The van der Waals surface area contributed by atoms with Crippen molar-refractivity contribution >= 4 is 0 Å². The Balaban J connectivity index is 2.63. The average Bonchev–Trinajstić information content (AvgIpc) is 2.41. The quantitative estimate of drug-likeness (QED) is 0.651. The third-order valence-corrected chi connectivity index (χ3v) is 3.31. The summed E-state index contributed by atoms with van der Waals surface area (Å²) in [5, 5.41) is 3.46. The van der Waals surface area contributed by atoms with Crippen molar-refractivity contribution in [2.24, 2.45) is 5.92 Å². The van der Waals surface area contributed by atoms with Crippen LogP contribution in [0.1, 0.15) is 65.1 Å². The molecule has 0 fully saturated rings. The number of nitrogens with zero attached hydrogens (tertiary/aromatic N) is 1. The summed E-state index contributed by atoms with van der Waals surface area (Å²) in [5.74, 6) is 1.52. The van der Waals surface area contributed by atoms with Gasteiger partial charge in [0.2, 0.25) is 5.88 Å². The lowest BCUT2D eigenvalue weighted by Gasteiger charge is -2.12. The van der Waals surface area contributed by atoms with E-state index in [0.717, 1.165) is 49.9 Å². The van der Waals surface area contributed by atoms with Crippen molar-refractivity contribution in [3.05, 3.63) is 23.4 Å². The van der Waals surface area contributed by atoms with Crippen molar-refractivity contribution in [2.75, 3.05) is 6.61 Å². The number of ether oxygens (including phenoxy) is 1. The van der Waals surface area contributed by atoms with E-state index in [0.29, 0.717) is 6.04 Å². The van der Waals surface area contributed by atoms with Crippen molar-refractivity contribution in [2.45, 2.75) is 72.9 Å². The smallest absolute Gasteiger partial charge is 0.213 e. The first kappa shape index (κ1) is 18.0. The van der Waals surface area contributed by atoms with Crippen LogP contribution in [0.2, 0.25) is 0 Å². The van der Waals surface area contributed by atoms with Crippen LogP contribution in [0, 0.1) is 5.92 Å². The molecule has 0 spiro atoms. The number of pyridine rings is 1. The summed E-state index contributed by atoms with van der Waals surface area (Å²) in [4.78, 5) is 4.62. The van der Waals surface area contributed by atoms with Crippen molar-refractivity contribution in [1.29, 1.82) is 0 Å². The Morgan fingerprint density at radius 2 is 1.95 bits per heavy atom. The Bertz CT molecular complexity index is 402. The molecule has 0 saturated carbocycles. The fourth-order valence-electron chi connectivity index (χ4n) is 2.17. The molecular weight excluding hydrogens is 260 g/mol. The van der Waals surface area contributed by atoms with Gasteiger partial charge in [0, 0.05) is 24.3 Å². The minimum absolute atomic E-state index is 0.489. The lowest BCUT2D eigenvalue weighted by Crippen LogP contribution is -2.22. The van der Waals surface area contributed by atoms with Crippen LogP contribution >= 0.6 is 0 Å². The van der Waals surface area contributed by atoms with E-state index in [2.05, 4.69) is 57.1 Å². The van der Waals surface area contributed by atoms with Crippen LogP contribution in [0.5, 0.6) is 5.88 Å². The second kappa shape index (κ2) is 9.78. The van der Waals surface area contributed by atoms with E-state index in [1.807, 2.05) is 0 Å². The molecule has 3 nitrogen and oxygen atoms in total. The van der Waals surface area contributed by atoms with E-state index in [1.165, 1.54) is 12.0 Å². The summed E-state index contributed by atoms with van der Waals surface area (Å²) in [5.41, 5.74) is 2.40. The van der Waals surface area contributed by atoms with Crippen LogP contribution in [0.4, 0.5) is 0 Å². The Morgan fingerprint density at radius 3 is 2.57 bits per heavy atom. The van der Waals surface area contributed by atoms with Crippen molar-refractivity contribution in [3.63, 3.8) is 0 Å². The number of hydrogen-bond acceptors (Lipinski definition) is 3. The minimum Gasteiger partial charge on any atom is -0.478 e. The molecule has 0 aliphatic heterocycles. The van der Waals surface area contributed by atoms with Crippen LogP contribution in [0.15, 0.2) is 12.1 Å². The maximum atomic E-state index is 5.85. The summed E-state index contributed by atoms with van der Waals surface area (Å²) in [6, 6.07) is 4.76. The summed E-state index contributed by atoms with van der Waals surface area (Å²) >= 11 is 0. The topological polar surface area (TPSA) is 34.1 Å². The Kier molecular flexibility index (Phi) is 8.36. The summed E-state index contributed by atoms with van der Waals surface area (Å²) in [6.45, 7) is 12.6. The van der Waals surface area contributed by atoms with Crippen LogP contribution in [0.25, 0.3) is 0 Å². The molecule has 0 unspecified atom stereocenters. The molecule has 0 amide bonds. The first-order valence-electron chi connectivity index (χ1n) is 8.37. The highest BCUT2D eigenvalue weighted by Gasteiger charge is 2.05. The zero-order valence-electron chi connectivity index (χ0n) is 14.4. The molecule has 0 aliphatic carbocycles. The third-order valence-electron chi connectivity index (χ3n) is 3.31. The van der Waals surface area contributed by atoms with Gasteiger partial charge in [-0.3, -0.25) is 0 Å². The number of rotatable bonds is 10. The molecule has 1 aromatic heterocycles. The van der Waals surface area contributed by atoms with E-state index < -0.39 is 0 Å². The van der Waals surface area contributed by atoms with Crippen molar-refractivity contribution in [3.8, 4) is 5.88 Å². The molecule has 1 rings (SSSR count). The Hall–Kier alpha value is -1.09.